The third-order valence-electron chi connectivity index (χ3n) is 3.75. The Morgan fingerprint density at radius 2 is 1.42 bits per heavy atom. The van der Waals surface area contributed by atoms with Crippen LogP contribution in [0.1, 0.15) is 37.5 Å². The van der Waals surface area contributed by atoms with Gasteiger partial charge in [-0.05, 0) is 59.2 Å². The van der Waals surface area contributed by atoms with E-state index in [1.54, 1.807) is 6.07 Å². The lowest BCUT2D eigenvalue weighted by Crippen LogP contribution is -1.93. The predicted molar refractivity (Wildman–Crippen MR) is 81.7 cm³/mol. The molecule has 0 saturated heterocycles. The highest BCUT2D eigenvalue weighted by atomic mass is 16.3. The first-order chi connectivity index (χ1) is 9.19. The highest BCUT2D eigenvalue weighted by molar-refractivity contribution is 5.69. The lowest BCUT2D eigenvalue weighted by molar-refractivity contribution is 0.474. The van der Waals surface area contributed by atoms with Crippen molar-refractivity contribution in [2.75, 3.05) is 0 Å². The van der Waals surface area contributed by atoms with Crippen LogP contribution in [0.4, 0.5) is 0 Å². The van der Waals surface area contributed by atoms with E-state index < -0.39 is 0 Å². The Labute approximate surface area is 115 Å². The fourth-order valence-electron chi connectivity index (χ4n) is 2.62. The smallest absolute Gasteiger partial charge is 0.115 e. The molecule has 0 aliphatic carbocycles. The molecule has 19 heavy (non-hydrogen) atoms. The minimum absolute atomic E-state index is 0.349. The summed E-state index contributed by atoms with van der Waals surface area (Å²) < 4.78 is 0. The van der Waals surface area contributed by atoms with Crippen LogP contribution in [0.15, 0.2) is 36.4 Å². The van der Waals surface area contributed by atoms with Crippen molar-refractivity contribution in [2.24, 2.45) is 0 Å². The van der Waals surface area contributed by atoms with Crippen LogP contribution in [0.2, 0.25) is 0 Å². The molecule has 0 amide bonds. The molecule has 1 nitrogen and oxygen atoms in total. The van der Waals surface area contributed by atoms with Gasteiger partial charge in [-0.25, -0.2) is 0 Å². The fourth-order valence-corrected chi connectivity index (χ4v) is 2.62. The Kier molecular flexibility index (Phi) is 4.26. The van der Waals surface area contributed by atoms with Gasteiger partial charge in [-0.3, -0.25) is 0 Å². The zero-order chi connectivity index (χ0) is 13.8. The van der Waals surface area contributed by atoms with E-state index in [0.717, 1.165) is 19.3 Å². The topological polar surface area (TPSA) is 20.2 Å². The summed E-state index contributed by atoms with van der Waals surface area (Å²) in [5.74, 6) is 0.349. The molecule has 2 rings (SSSR count). The molecule has 0 heterocycles. The summed E-state index contributed by atoms with van der Waals surface area (Å²) in [5.41, 5.74) is 6.55. The van der Waals surface area contributed by atoms with Gasteiger partial charge in [-0.15, -0.1) is 0 Å². The molecule has 0 spiro atoms. The fraction of sp³-hybridized carbons (Fsp3) is 0.333. The molecule has 2 aromatic carbocycles. The van der Waals surface area contributed by atoms with E-state index in [0.29, 0.717) is 5.75 Å². The summed E-state index contributed by atoms with van der Waals surface area (Å²) in [4.78, 5) is 0. The van der Waals surface area contributed by atoms with Crippen LogP contribution < -0.4 is 0 Å². The highest BCUT2D eigenvalue weighted by Crippen LogP contribution is 2.29. The number of benzene rings is 2. The lowest BCUT2D eigenvalue weighted by Gasteiger charge is -2.12. The van der Waals surface area contributed by atoms with Gasteiger partial charge in [0.25, 0.3) is 0 Å². The van der Waals surface area contributed by atoms with Crippen molar-refractivity contribution in [1.82, 2.24) is 0 Å². The molecule has 0 atom stereocenters. The second-order valence-corrected chi connectivity index (χ2v) is 4.89. The van der Waals surface area contributed by atoms with Crippen molar-refractivity contribution in [1.29, 1.82) is 0 Å². The maximum Gasteiger partial charge on any atom is 0.115 e. The Morgan fingerprint density at radius 3 is 2.05 bits per heavy atom. The van der Waals surface area contributed by atoms with Gasteiger partial charge in [-0.1, -0.05) is 45.0 Å². The van der Waals surface area contributed by atoms with Gasteiger partial charge in [-0.2, -0.15) is 0 Å². The summed E-state index contributed by atoms with van der Waals surface area (Å²) in [7, 11) is 0. The second kappa shape index (κ2) is 5.92. The van der Waals surface area contributed by atoms with Crippen molar-refractivity contribution in [3.8, 4) is 16.9 Å². The van der Waals surface area contributed by atoms with Crippen LogP contribution in [0.3, 0.4) is 0 Å². The molecule has 0 unspecified atom stereocenters. The quantitative estimate of drug-likeness (QED) is 0.835. The lowest BCUT2D eigenvalue weighted by atomic mass is 9.93. The largest absolute Gasteiger partial charge is 0.508 e. The van der Waals surface area contributed by atoms with Crippen LogP contribution in [0, 0.1) is 0 Å². The van der Waals surface area contributed by atoms with Gasteiger partial charge < -0.3 is 5.11 Å². The van der Waals surface area contributed by atoms with Crippen LogP contribution >= 0.6 is 0 Å². The van der Waals surface area contributed by atoms with Crippen molar-refractivity contribution in [3.05, 3.63) is 53.1 Å². The minimum Gasteiger partial charge on any atom is -0.508 e. The summed E-state index contributed by atoms with van der Waals surface area (Å²) in [5, 5.41) is 9.60. The molecular weight excluding hydrogens is 232 g/mol. The Hall–Kier alpha value is -1.76. The van der Waals surface area contributed by atoms with Gasteiger partial charge in [0.1, 0.15) is 5.75 Å². The molecule has 2 aromatic rings. The maximum absolute atomic E-state index is 9.60. The number of phenols is 1. The van der Waals surface area contributed by atoms with E-state index in [4.69, 9.17) is 0 Å². The Bertz CT molecular complexity index is 570. The number of hydrogen-bond donors (Lipinski definition) is 1. The average Bonchev–Trinajstić information content (AvgIpc) is 2.46. The molecule has 100 valence electrons. The van der Waals surface area contributed by atoms with Gasteiger partial charge in [0.15, 0.2) is 0 Å². The number of hydrogen-bond acceptors (Lipinski definition) is 1. The van der Waals surface area contributed by atoms with Crippen molar-refractivity contribution in [2.45, 2.75) is 40.0 Å². The molecule has 1 heteroatoms. The Balaban J connectivity index is 2.53. The third kappa shape index (κ3) is 2.81. The van der Waals surface area contributed by atoms with E-state index in [1.165, 1.54) is 27.8 Å². The maximum atomic E-state index is 9.60. The number of aromatic hydroxyl groups is 1. The van der Waals surface area contributed by atoms with Gasteiger partial charge in [0, 0.05) is 0 Å². The van der Waals surface area contributed by atoms with Gasteiger partial charge >= 0.3 is 0 Å². The molecule has 0 aliphatic rings. The number of phenolic OH excluding ortho intramolecular Hbond substituents is 1. The molecule has 0 fully saturated rings. The molecule has 0 radical (unpaired) electrons. The minimum atomic E-state index is 0.349. The van der Waals surface area contributed by atoms with Crippen LogP contribution in [0.25, 0.3) is 11.1 Å². The Morgan fingerprint density at radius 1 is 0.737 bits per heavy atom. The number of rotatable bonds is 4. The molecular formula is C18H22O. The standard InChI is InChI=1S/C18H22O/c1-4-13-7-8-16(11-14(13)5-2)18-10-9-17(19)12-15(18)6-3/h7-12,19H,4-6H2,1-3H3. The highest BCUT2D eigenvalue weighted by Gasteiger charge is 2.07. The molecule has 1 N–H and O–H groups in total. The average molecular weight is 254 g/mol. The monoisotopic (exact) mass is 254 g/mol. The van der Waals surface area contributed by atoms with Crippen molar-refractivity contribution >= 4 is 0 Å². The van der Waals surface area contributed by atoms with E-state index >= 15 is 0 Å². The van der Waals surface area contributed by atoms with Crippen molar-refractivity contribution in [3.63, 3.8) is 0 Å². The van der Waals surface area contributed by atoms with Crippen molar-refractivity contribution < 1.29 is 5.11 Å². The molecule has 0 aliphatic heterocycles. The first-order valence-corrected chi connectivity index (χ1v) is 7.13. The van der Waals surface area contributed by atoms with E-state index in [-0.39, 0.29) is 0 Å². The SMILES string of the molecule is CCc1ccc(-c2ccc(O)cc2CC)cc1CC. The summed E-state index contributed by atoms with van der Waals surface area (Å²) in [6.07, 6.45) is 3.08. The van der Waals surface area contributed by atoms with E-state index in [1.807, 2.05) is 12.1 Å². The molecule has 0 aromatic heterocycles. The molecule has 0 bridgehead atoms. The summed E-state index contributed by atoms with van der Waals surface area (Å²) in [6, 6.07) is 12.4. The zero-order valence-corrected chi connectivity index (χ0v) is 12.0. The first-order valence-electron chi connectivity index (χ1n) is 7.13. The van der Waals surface area contributed by atoms with Crippen LogP contribution in [0.5, 0.6) is 5.75 Å². The normalized spacial score (nSPS) is 10.7. The van der Waals surface area contributed by atoms with E-state index in [2.05, 4.69) is 39.0 Å². The zero-order valence-electron chi connectivity index (χ0n) is 12.0. The van der Waals surface area contributed by atoms with E-state index in [9.17, 15) is 5.11 Å². The second-order valence-electron chi connectivity index (χ2n) is 4.89. The number of aryl methyl sites for hydroxylation is 3. The first kappa shape index (κ1) is 13.7. The van der Waals surface area contributed by atoms with Crippen LogP contribution in [-0.2, 0) is 19.3 Å². The van der Waals surface area contributed by atoms with Gasteiger partial charge in [0.2, 0.25) is 0 Å². The summed E-state index contributed by atoms with van der Waals surface area (Å²) in [6.45, 7) is 6.53. The summed E-state index contributed by atoms with van der Waals surface area (Å²) >= 11 is 0. The van der Waals surface area contributed by atoms with Gasteiger partial charge in [0.05, 0.1) is 0 Å². The van der Waals surface area contributed by atoms with Crippen LogP contribution in [-0.4, -0.2) is 5.11 Å². The molecule has 0 saturated carbocycles. The predicted octanol–water partition coefficient (Wildman–Crippen LogP) is 4.75. The third-order valence-corrected chi connectivity index (χ3v) is 3.75.